The predicted octanol–water partition coefficient (Wildman–Crippen LogP) is 3.00. The maximum Gasteiger partial charge on any atom is 0.251 e. The summed E-state index contributed by atoms with van der Waals surface area (Å²) in [5, 5.41) is 2.78. The first-order chi connectivity index (χ1) is 9.97. The Morgan fingerprint density at radius 3 is 2.67 bits per heavy atom. The summed E-state index contributed by atoms with van der Waals surface area (Å²) in [6.07, 6.45) is 0.733. The zero-order chi connectivity index (χ0) is 15.4. The minimum atomic E-state index is -0.459. The molecule has 3 nitrogen and oxygen atoms in total. The fraction of sp³-hybridized carbons (Fsp3) is 0.235. The summed E-state index contributed by atoms with van der Waals surface area (Å²) < 4.78 is 13.6. The third kappa shape index (κ3) is 3.81. The second-order valence-electron chi connectivity index (χ2n) is 5.17. The minimum Gasteiger partial charge on any atom is -0.398 e. The van der Waals surface area contributed by atoms with Gasteiger partial charge < -0.3 is 11.1 Å². The van der Waals surface area contributed by atoms with Crippen LogP contribution in [0.5, 0.6) is 0 Å². The van der Waals surface area contributed by atoms with E-state index in [1.165, 1.54) is 17.7 Å². The molecule has 0 atom stereocenters. The van der Waals surface area contributed by atoms with Gasteiger partial charge in [0.25, 0.3) is 5.91 Å². The van der Waals surface area contributed by atoms with E-state index in [0.717, 1.165) is 12.0 Å². The number of hydrogen-bond acceptors (Lipinski definition) is 2. The van der Waals surface area contributed by atoms with Gasteiger partial charge in [-0.3, -0.25) is 4.79 Å². The van der Waals surface area contributed by atoms with Crippen molar-refractivity contribution < 1.29 is 9.18 Å². The van der Waals surface area contributed by atoms with Gasteiger partial charge >= 0.3 is 0 Å². The average molecular weight is 286 g/mol. The summed E-state index contributed by atoms with van der Waals surface area (Å²) in [4.78, 5) is 12.0. The molecule has 0 heterocycles. The maximum atomic E-state index is 13.6. The lowest BCUT2D eigenvalue weighted by molar-refractivity contribution is 0.0953. The number of nitrogen functional groups attached to an aromatic ring is 1. The summed E-state index contributed by atoms with van der Waals surface area (Å²) >= 11 is 0. The van der Waals surface area contributed by atoms with Crippen LogP contribution in [-0.4, -0.2) is 12.5 Å². The van der Waals surface area contributed by atoms with Gasteiger partial charge in [-0.1, -0.05) is 29.8 Å². The molecule has 0 saturated carbocycles. The van der Waals surface area contributed by atoms with Crippen molar-refractivity contribution in [2.45, 2.75) is 20.3 Å². The number of nitrogens with one attached hydrogen (secondary N) is 1. The molecule has 0 aliphatic carbocycles. The Balaban J connectivity index is 1.96. The number of benzene rings is 2. The van der Waals surface area contributed by atoms with E-state index in [1.807, 2.05) is 25.1 Å². The van der Waals surface area contributed by atoms with E-state index in [-0.39, 0.29) is 11.5 Å². The molecule has 3 N–H and O–H groups in total. The molecule has 0 aromatic heterocycles. The first-order valence-electron chi connectivity index (χ1n) is 6.86. The molecule has 2 aromatic carbocycles. The van der Waals surface area contributed by atoms with Crippen LogP contribution in [0.4, 0.5) is 10.1 Å². The van der Waals surface area contributed by atoms with Crippen molar-refractivity contribution in [2.24, 2.45) is 0 Å². The molecule has 2 aromatic rings. The van der Waals surface area contributed by atoms with Crippen molar-refractivity contribution in [1.29, 1.82) is 0 Å². The molecule has 0 radical (unpaired) electrons. The van der Waals surface area contributed by atoms with Crippen LogP contribution < -0.4 is 11.1 Å². The first kappa shape index (κ1) is 15.0. The number of halogens is 1. The molecule has 4 heteroatoms. The largest absolute Gasteiger partial charge is 0.398 e. The van der Waals surface area contributed by atoms with Gasteiger partial charge in [0.15, 0.2) is 0 Å². The fourth-order valence-electron chi connectivity index (χ4n) is 2.12. The maximum absolute atomic E-state index is 13.6. The van der Waals surface area contributed by atoms with Crippen LogP contribution in [0.1, 0.15) is 27.0 Å². The second-order valence-corrected chi connectivity index (χ2v) is 5.17. The Morgan fingerprint density at radius 2 is 2.00 bits per heavy atom. The normalized spacial score (nSPS) is 10.4. The SMILES string of the molecule is Cc1cccc(CCNC(=O)c2cc(N)c(C)c(F)c2)c1. The van der Waals surface area contributed by atoms with Gasteiger partial charge in [-0.05, 0) is 38.0 Å². The lowest BCUT2D eigenvalue weighted by atomic mass is 10.1. The number of rotatable bonds is 4. The molecule has 0 saturated heterocycles. The van der Waals surface area contributed by atoms with Gasteiger partial charge in [0, 0.05) is 23.4 Å². The third-order valence-electron chi connectivity index (χ3n) is 3.43. The number of nitrogens with two attached hydrogens (primary N) is 1. The topological polar surface area (TPSA) is 55.1 Å². The first-order valence-corrected chi connectivity index (χ1v) is 6.86. The molecular weight excluding hydrogens is 267 g/mol. The second kappa shape index (κ2) is 6.39. The number of anilines is 1. The predicted molar refractivity (Wildman–Crippen MR) is 82.8 cm³/mol. The summed E-state index contributed by atoms with van der Waals surface area (Å²) in [6.45, 7) is 4.11. The van der Waals surface area contributed by atoms with Crippen molar-refractivity contribution in [1.82, 2.24) is 5.32 Å². The number of carbonyl (C=O) groups excluding carboxylic acids is 1. The van der Waals surface area contributed by atoms with E-state index in [1.54, 1.807) is 6.92 Å². The van der Waals surface area contributed by atoms with Crippen LogP contribution in [-0.2, 0) is 6.42 Å². The van der Waals surface area contributed by atoms with Gasteiger partial charge in [0.2, 0.25) is 0 Å². The molecule has 2 rings (SSSR count). The summed E-state index contributed by atoms with van der Waals surface area (Å²) in [7, 11) is 0. The van der Waals surface area contributed by atoms with Crippen LogP contribution in [0, 0.1) is 19.7 Å². The highest BCUT2D eigenvalue weighted by atomic mass is 19.1. The molecular formula is C17H19FN2O. The fourth-order valence-corrected chi connectivity index (χ4v) is 2.12. The molecule has 21 heavy (non-hydrogen) atoms. The molecule has 110 valence electrons. The number of hydrogen-bond donors (Lipinski definition) is 2. The lowest BCUT2D eigenvalue weighted by Gasteiger charge is -2.08. The van der Waals surface area contributed by atoms with Crippen molar-refractivity contribution in [3.63, 3.8) is 0 Å². The third-order valence-corrected chi connectivity index (χ3v) is 3.43. The Kier molecular flexibility index (Phi) is 4.58. The van der Waals surface area contributed by atoms with Gasteiger partial charge in [-0.15, -0.1) is 0 Å². The molecule has 0 spiro atoms. The number of amides is 1. The van der Waals surface area contributed by atoms with Crippen molar-refractivity contribution >= 4 is 11.6 Å². The Morgan fingerprint density at radius 1 is 1.24 bits per heavy atom. The number of aryl methyl sites for hydroxylation is 1. The summed E-state index contributed by atoms with van der Waals surface area (Å²) in [5.41, 5.74) is 8.93. The molecule has 0 fully saturated rings. The van der Waals surface area contributed by atoms with Gasteiger partial charge in [-0.25, -0.2) is 4.39 Å². The van der Waals surface area contributed by atoms with Crippen LogP contribution in [0.25, 0.3) is 0 Å². The van der Waals surface area contributed by atoms with E-state index in [4.69, 9.17) is 5.73 Å². The Bertz CT molecular complexity index is 645. The lowest BCUT2D eigenvalue weighted by Crippen LogP contribution is -2.26. The van der Waals surface area contributed by atoms with E-state index in [0.29, 0.717) is 17.8 Å². The van der Waals surface area contributed by atoms with E-state index < -0.39 is 5.82 Å². The Labute approximate surface area is 124 Å². The monoisotopic (exact) mass is 286 g/mol. The average Bonchev–Trinajstić information content (AvgIpc) is 2.44. The highest BCUT2D eigenvalue weighted by molar-refractivity contribution is 5.95. The van der Waals surface area contributed by atoms with Crippen LogP contribution in [0.2, 0.25) is 0 Å². The quantitative estimate of drug-likeness (QED) is 0.849. The van der Waals surface area contributed by atoms with Crippen molar-refractivity contribution in [3.8, 4) is 0 Å². The van der Waals surface area contributed by atoms with E-state index in [2.05, 4.69) is 11.4 Å². The minimum absolute atomic E-state index is 0.250. The van der Waals surface area contributed by atoms with Crippen molar-refractivity contribution in [2.75, 3.05) is 12.3 Å². The zero-order valence-electron chi connectivity index (χ0n) is 12.2. The van der Waals surface area contributed by atoms with E-state index in [9.17, 15) is 9.18 Å². The van der Waals surface area contributed by atoms with Gasteiger partial charge in [0.05, 0.1) is 0 Å². The molecule has 0 bridgehead atoms. The summed E-state index contributed by atoms with van der Waals surface area (Å²) in [5.74, 6) is -0.771. The standard InChI is InChI=1S/C17H19FN2O/c1-11-4-3-5-13(8-11)6-7-20-17(21)14-9-15(18)12(2)16(19)10-14/h3-5,8-10H,6-7,19H2,1-2H3,(H,20,21). The highest BCUT2D eigenvalue weighted by Crippen LogP contribution is 2.17. The Hall–Kier alpha value is -2.36. The smallest absolute Gasteiger partial charge is 0.251 e. The molecule has 0 aliphatic rings. The van der Waals surface area contributed by atoms with Crippen LogP contribution in [0.3, 0.4) is 0 Å². The highest BCUT2D eigenvalue weighted by Gasteiger charge is 2.10. The zero-order valence-corrected chi connectivity index (χ0v) is 12.2. The van der Waals surface area contributed by atoms with E-state index >= 15 is 0 Å². The number of carbonyl (C=O) groups is 1. The van der Waals surface area contributed by atoms with Gasteiger partial charge in [-0.2, -0.15) is 0 Å². The van der Waals surface area contributed by atoms with Crippen LogP contribution in [0.15, 0.2) is 36.4 Å². The molecule has 1 amide bonds. The molecule has 0 unspecified atom stereocenters. The van der Waals surface area contributed by atoms with Gasteiger partial charge in [0.1, 0.15) is 5.82 Å². The van der Waals surface area contributed by atoms with Crippen molar-refractivity contribution in [3.05, 3.63) is 64.5 Å². The van der Waals surface area contributed by atoms with Crippen LogP contribution >= 0.6 is 0 Å². The molecule has 0 aliphatic heterocycles. The summed E-state index contributed by atoms with van der Waals surface area (Å²) in [6, 6.07) is 10.8.